The number of halogens is 1. The average molecular weight is 426 g/mol. The maximum absolute atomic E-state index is 11.2. The van der Waals surface area contributed by atoms with Gasteiger partial charge in [0.2, 0.25) is 5.91 Å². The number of amides is 1. The zero-order valence-corrected chi connectivity index (χ0v) is 16.7. The maximum Gasteiger partial charge on any atom is 0.227 e. The molecule has 9 heteroatoms. The minimum Gasteiger partial charge on any atom is -0.483 e. The van der Waals surface area contributed by atoms with Gasteiger partial charge >= 0.3 is 0 Å². The number of rotatable bonds is 7. The van der Waals surface area contributed by atoms with Crippen molar-refractivity contribution in [2.24, 2.45) is 5.73 Å². The molecule has 0 aliphatic heterocycles. The Bertz CT molecular complexity index is 1160. The third kappa shape index (κ3) is 4.33. The summed E-state index contributed by atoms with van der Waals surface area (Å²) >= 11 is 7.23. The van der Waals surface area contributed by atoms with E-state index in [2.05, 4.69) is 15.2 Å². The van der Waals surface area contributed by atoms with Crippen molar-refractivity contribution in [3.63, 3.8) is 0 Å². The van der Waals surface area contributed by atoms with Crippen molar-refractivity contribution in [3.05, 3.63) is 71.6 Å². The lowest BCUT2D eigenvalue weighted by Crippen LogP contribution is -2.14. The normalized spacial score (nSPS) is 10.9. The lowest BCUT2D eigenvalue weighted by atomic mass is 10.2. The van der Waals surface area contributed by atoms with Gasteiger partial charge in [-0.2, -0.15) is 0 Å². The first-order chi connectivity index (χ1) is 14.1. The Labute approximate surface area is 175 Å². The number of pyridine rings is 1. The fourth-order valence-electron chi connectivity index (χ4n) is 2.81. The molecular formula is C20H16ClN5O2S. The third-order valence-electron chi connectivity index (χ3n) is 4.08. The van der Waals surface area contributed by atoms with Crippen molar-refractivity contribution >= 4 is 40.2 Å². The Morgan fingerprint density at radius 2 is 1.90 bits per heavy atom. The summed E-state index contributed by atoms with van der Waals surface area (Å²) in [4.78, 5) is 15.6. The van der Waals surface area contributed by atoms with E-state index in [1.807, 2.05) is 47.0 Å². The molecule has 0 radical (unpaired) electrons. The van der Waals surface area contributed by atoms with Gasteiger partial charge in [-0.3, -0.25) is 14.3 Å². The van der Waals surface area contributed by atoms with Crippen LogP contribution in [-0.4, -0.2) is 31.4 Å². The van der Waals surface area contributed by atoms with Crippen molar-refractivity contribution < 1.29 is 9.53 Å². The molecule has 0 saturated carbocycles. The summed E-state index contributed by atoms with van der Waals surface area (Å²) in [5.74, 6) is 0.896. The largest absolute Gasteiger partial charge is 0.483 e. The van der Waals surface area contributed by atoms with Crippen molar-refractivity contribution in [1.82, 2.24) is 19.7 Å². The molecule has 0 atom stereocenters. The number of hydrogen-bond donors (Lipinski definition) is 1. The molecule has 2 N–H and O–H groups in total. The molecule has 2 aromatic carbocycles. The van der Waals surface area contributed by atoms with Crippen molar-refractivity contribution in [3.8, 4) is 11.4 Å². The van der Waals surface area contributed by atoms with Gasteiger partial charge in [0.05, 0.1) is 5.75 Å². The van der Waals surface area contributed by atoms with E-state index in [0.29, 0.717) is 21.8 Å². The molecule has 4 rings (SSSR count). The van der Waals surface area contributed by atoms with Crippen LogP contribution in [0.15, 0.2) is 66.0 Å². The van der Waals surface area contributed by atoms with Gasteiger partial charge in [0.1, 0.15) is 17.9 Å². The smallest absolute Gasteiger partial charge is 0.227 e. The third-order valence-corrected chi connectivity index (χ3v) is 5.28. The summed E-state index contributed by atoms with van der Waals surface area (Å²) in [5, 5.41) is 10.6. The van der Waals surface area contributed by atoms with Crippen LogP contribution in [-0.2, 0) is 11.4 Å². The van der Waals surface area contributed by atoms with Crippen LogP contribution in [0.4, 0.5) is 0 Å². The van der Waals surface area contributed by atoms with E-state index < -0.39 is 5.91 Å². The van der Waals surface area contributed by atoms with Crippen LogP contribution in [0.3, 0.4) is 0 Å². The van der Waals surface area contributed by atoms with Crippen molar-refractivity contribution in [1.29, 1.82) is 0 Å². The average Bonchev–Trinajstić information content (AvgIpc) is 3.14. The highest BCUT2D eigenvalue weighted by molar-refractivity contribution is 7.99. The number of carbonyl (C=O) groups excluding carboxylic acids is 1. The number of hydrogen-bond acceptors (Lipinski definition) is 6. The van der Waals surface area contributed by atoms with Gasteiger partial charge in [0.25, 0.3) is 0 Å². The summed E-state index contributed by atoms with van der Waals surface area (Å²) < 4.78 is 7.84. The van der Waals surface area contributed by atoms with Gasteiger partial charge in [-0.05, 0) is 36.4 Å². The number of fused-ring (bicyclic) bond motifs is 1. The molecule has 0 fully saturated rings. The fourth-order valence-corrected chi connectivity index (χ4v) is 3.64. The zero-order valence-electron chi connectivity index (χ0n) is 15.2. The van der Waals surface area contributed by atoms with Crippen LogP contribution in [0.1, 0.15) is 5.82 Å². The quantitative estimate of drug-likeness (QED) is 0.454. The molecule has 2 heterocycles. The zero-order chi connectivity index (χ0) is 20.2. The van der Waals surface area contributed by atoms with Crippen LogP contribution in [0.5, 0.6) is 5.75 Å². The second-order valence-corrected chi connectivity index (χ2v) is 7.46. The summed E-state index contributed by atoms with van der Waals surface area (Å²) in [6, 6.07) is 16.9. The second kappa shape index (κ2) is 8.50. The number of aromatic nitrogens is 4. The van der Waals surface area contributed by atoms with Crippen LogP contribution in [0.25, 0.3) is 16.6 Å². The number of thioether (sulfide) groups is 1. The van der Waals surface area contributed by atoms with Gasteiger partial charge in [-0.25, -0.2) is 0 Å². The van der Waals surface area contributed by atoms with Crippen LogP contribution < -0.4 is 10.5 Å². The molecule has 0 aliphatic carbocycles. The molecule has 7 nitrogen and oxygen atoms in total. The Morgan fingerprint density at radius 3 is 2.69 bits per heavy atom. The van der Waals surface area contributed by atoms with Crippen LogP contribution in [0, 0.1) is 0 Å². The van der Waals surface area contributed by atoms with Crippen LogP contribution >= 0.6 is 23.4 Å². The standard InChI is InChI=1S/C20H16ClN5O2S/c21-14-6-8-15(9-7-14)26-18(24-25-20(26)29-12-17(22)27)11-28-16-5-1-3-13-4-2-10-23-19(13)16/h1-10H,11-12H2,(H2,22,27). The van der Waals surface area contributed by atoms with Crippen molar-refractivity contribution in [2.45, 2.75) is 11.8 Å². The summed E-state index contributed by atoms with van der Waals surface area (Å²) in [6.45, 7) is 0.169. The SMILES string of the molecule is NC(=O)CSc1nnc(COc2cccc3cccnc23)n1-c1ccc(Cl)cc1. The topological polar surface area (TPSA) is 95.9 Å². The van der Waals surface area contributed by atoms with Gasteiger partial charge in [0, 0.05) is 22.3 Å². The first-order valence-electron chi connectivity index (χ1n) is 8.70. The summed E-state index contributed by atoms with van der Waals surface area (Å²) in [7, 11) is 0. The molecule has 146 valence electrons. The molecule has 0 bridgehead atoms. The highest BCUT2D eigenvalue weighted by atomic mass is 35.5. The van der Waals surface area contributed by atoms with Gasteiger partial charge < -0.3 is 10.5 Å². The maximum atomic E-state index is 11.2. The molecule has 0 spiro atoms. The predicted octanol–water partition coefficient (Wildman–Crippen LogP) is 3.63. The molecule has 4 aromatic rings. The Hall–Kier alpha value is -3.10. The van der Waals surface area contributed by atoms with Gasteiger partial charge in [0.15, 0.2) is 11.0 Å². The van der Waals surface area contributed by atoms with E-state index in [1.165, 1.54) is 11.8 Å². The molecule has 0 saturated heterocycles. The summed E-state index contributed by atoms with van der Waals surface area (Å²) in [6.07, 6.45) is 1.73. The highest BCUT2D eigenvalue weighted by Gasteiger charge is 2.16. The number of carbonyl (C=O) groups is 1. The first-order valence-corrected chi connectivity index (χ1v) is 10.1. The lowest BCUT2D eigenvalue weighted by Gasteiger charge is -2.12. The predicted molar refractivity (Wildman–Crippen MR) is 112 cm³/mol. The van der Waals surface area contributed by atoms with Crippen molar-refractivity contribution in [2.75, 3.05) is 5.75 Å². The van der Waals surface area contributed by atoms with E-state index in [1.54, 1.807) is 18.3 Å². The van der Waals surface area contributed by atoms with Gasteiger partial charge in [-0.15, -0.1) is 10.2 Å². The van der Waals surface area contributed by atoms with E-state index in [4.69, 9.17) is 22.1 Å². The number of para-hydroxylation sites is 1. The molecular weight excluding hydrogens is 410 g/mol. The second-order valence-electron chi connectivity index (χ2n) is 6.09. The lowest BCUT2D eigenvalue weighted by molar-refractivity contribution is -0.115. The van der Waals surface area contributed by atoms with E-state index in [0.717, 1.165) is 16.6 Å². The Kier molecular flexibility index (Phi) is 5.64. The Balaban J connectivity index is 1.66. The minimum atomic E-state index is -0.430. The minimum absolute atomic E-state index is 0.0970. The molecule has 29 heavy (non-hydrogen) atoms. The number of primary amides is 1. The van der Waals surface area contributed by atoms with Gasteiger partial charge in [-0.1, -0.05) is 41.6 Å². The number of ether oxygens (including phenoxy) is 1. The molecule has 1 amide bonds. The van der Waals surface area contributed by atoms with E-state index in [9.17, 15) is 4.79 Å². The van der Waals surface area contributed by atoms with E-state index >= 15 is 0 Å². The number of nitrogens with zero attached hydrogens (tertiary/aromatic N) is 4. The molecule has 2 aromatic heterocycles. The number of nitrogens with two attached hydrogens (primary N) is 1. The molecule has 0 aliphatic rings. The van der Waals surface area contributed by atoms with Crippen LogP contribution in [0.2, 0.25) is 5.02 Å². The molecule has 0 unspecified atom stereocenters. The number of benzene rings is 2. The monoisotopic (exact) mass is 425 g/mol. The highest BCUT2D eigenvalue weighted by Crippen LogP contribution is 2.26. The Morgan fingerprint density at radius 1 is 1.10 bits per heavy atom. The van der Waals surface area contributed by atoms with E-state index in [-0.39, 0.29) is 12.4 Å². The first kappa shape index (κ1) is 19.2. The fraction of sp³-hybridized carbons (Fsp3) is 0.100. The summed E-state index contributed by atoms with van der Waals surface area (Å²) in [5.41, 5.74) is 6.86.